The number of urea groups is 1. The molecule has 1 aliphatic heterocycles. The maximum Gasteiger partial charge on any atom is 0.407 e. The van der Waals surface area contributed by atoms with Gasteiger partial charge in [-0.15, -0.1) is 0 Å². The average molecular weight is 1320 g/mol. The molecule has 8 N–H and O–H groups in total. The molecule has 24 heteroatoms. The molecule has 0 radical (unpaired) electrons. The summed E-state index contributed by atoms with van der Waals surface area (Å²) < 4.78 is 50.9. The van der Waals surface area contributed by atoms with Gasteiger partial charge < -0.3 is 52.0 Å². The van der Waals surface area contributed by atoms with Crippen molar-refractivity contribution in [3.63, 3.8) is 0 Å². The number of rotatable bonds is 23. The SMILES string of the molecule is CN(C[C@@H](NC(=O)N[C@H](C(=O)N1C[C@H]2[C@@H]([C@H]1C(=O)NC(CC1CC1)C(=O)C(N)=O)C2(C)C)C(C)(C)C)C(C)(C)C)S(=O)(=O)C(C)(C)C.CN(C[C@@H](NC(=O)OCc1ccccc1)C(C)(C)C)S(=O)C(C)(C)C.CNC[C@@H](NC(=O)OCc1ccccc1)C(C)(C)C. The van der Waals surface area contributed by atoms with E-state index < -0.39 is 96.4 Å². The van der Waals surface area contributed by atoms with E-state index in [4.69, 9.17) is 15.2 Å². The number of fused-ring (bicyclic) bond motifs is 1. The first kappa shape index (κ1) is 79.5. The van der Waals surface area contributed by atoms with E-state index in [9.17, 15) is 46.2 Å². The van der Waals surface area contributed by atoms with Gasteiger partial charge in [-0.2, -0.15) is 0 Å². The Labute approximate surface area is 547 Å². The molecule has 0 bridgehead atoms. The number of likely N-dealkylation sites (tertiary alicyclic amines) is 1. The molecule has 91 heavy (non-hydrogen) atoms. The molecule has 1 heterocycles. The highest BCUT2D eigenvalue weighted by molar-refractivity contribution is 7.90. The Kier molecular flexibility index (Phi) is 27.9. The van der Waals surface area contributed by atoms with E-state index in [2.05, 4.69) is 52.7 Å². The summed E-state index contributed by atoms with van der Waals surface area (Å²) >= 11 is 0. The van der Waals surface area contributed by atoms with Crippen molar-refractivity contribution in [3.05, 3.63) is 71.8 Å². The number of nitrogens with zero attached hydrogens (tertiary/aromatic N) is 3. The number of carbonyl (C=O) groups is 7. The van der Waals surface area contributed by atoms with Crippen molar-refractivity contribution in [2.45, 2.75) is 217 Å². The lowest BCUT2D eigenvalue weighted by Crippen LogP contribution is -2.63. The van der Waals surface area contributed by atoms with Crippen molar-refractivity contribution < 1.29 is 55.7 Å². The van der Waals surface area contributed by atoms with E-state index in [0.29, 0.717) is 32.7 Å². The average Bonchev–Trinajstić information content (AvgIpc) is 1.53. The van der Waals surface area contributed by atoms with Gasteiger partial charge in [0.2, 0.25) is 27.6 Å². The van der Waals surface area contributed by atoms with Crippen LogP contribution < -0.4 is 37.6 Å². The number of amides is 7. The Hall–Kier alpha value is -5.69. The molecule has 7 amide bonds. The molecule has 5 rings (SSSR count). The largest absolute Gasteiger partial charge is 0.445 e. The second kappa shape index (κ2) is 32.0. The first-order chi connectivity index (χ1) is 41.5. The third-order valence-corrected chi connectivity index (χ3v) is 21.3. The van der Waals surface area contributed by atoms with Crippen LogP contribution in [0.5, 0.6) is 0 Å². The minimum Gasteiger partial charge on any atom is -0.445 e. The van der Waals surface area contributed by atoms with Crippen molar-refractivity contribution in [2.75, 3.05) is 47.3 Å². The molecule has 2 saturated carbocycles. The molecule has 0 aromatic heterocycles. The number of nitrogens with two attached hydrogens (primary N) is 1. The number of piperidine rings is 1. The number of alkyl carbamates (subject to hydrolysis) is 2. The summed E-state index contributed by atoms with van der Waals surface area (Å²) in [5, 5.41) is 17.4. The first-order valence-electron chi connectivity index (χ1n) is 31.7. The van der Waals surface area contributed by atoms with E-state index in [1.165, 1.54) is 16.3 Å². The fourth-order valence-electron chi connectivity index (χ4n) is 10.6. The van der Waals surface area contributed by atoms with Gasteiger partial charge in [0.1, 0.15) is 25.3 Å². The number of ether oxygens (including phenoxy) is 2. The summed E-state index contributed by atoms with van der Waals surface area (Å²) in [7, 11) is 0.357. The van der Waals surface area contributed by atoms with Crippen molar-refractivity contribution in [2.24, 2.45) is 50.6 Å². The molecule has 9 atom stereocenters. The molecule has 3 aliphatic rings. The quantitative estimate of drug-likeness (QED) is 0.0516. The molecule has 3 fully saturated rings. The van der Waals surface area contributed by atoms with Gasteiger partial charge in [0.25, 0.3) is 5.91 Å². The number of likely N-dealkylation sites (N-methyl/N-ethyl adjacent to an activating group) is 3. The summed E-state index contributed by atoms with van der Waals surface area (Å²) in [5.41, 5.74) is 5.50. The minimum absolute atomic E-state index is 0.0174. The number of benzene rings is 2. The molecule has 2 aromatic carbocycles. The highest BCUT2D eigenvalue weighted by atomic mass is 32.2. The lowest BCUT2D eigenvalue weighted by molar-refractivity contribution is -0.145. The minimum atomic E-state index is -3.67. The molecule has 22 nitrogen and oxygen atoms in total. The summed E-state index contributed by atoms with van der Waals surface area (Å²) in [5.74, 6) is -2.78. The number of ketones is 1. The van der Waals surface area contributed by atoms with E-state index in [0.717, 1.165) is 24.0 Å². The zero-order valence-corrected chi connectivity index (χ0v) is 60.6. The van der Waals surface area contributed by atoms with Gasteiger partial charge in [0.15, 0.2) is 0 Å². The zero-order valence-electron chi connectivity index (χ0n) is 59.0. The van der Waals surface area contributed by atoms with Gasteiger partial charge in [-0.25, -0.2) is 35.6 Å². The molecule has 2 aromatic rings. The fourth-order valence-corrected chi connectivity index (χ4v) is 13.1. The Balaban J connectivity index is 0.000000408. The summed E-state index contributed by atoms with van der Waals surface area (Å²) in [4.78, 5) is 91.6. The topological polar surface area (TPSA) is 297 Å². The van der Waals surface area contributed by atoms with Crippen LogP contribution in [0.2, 0.25) is 0 Å². The van der Waals surface area contributed by atoms with Gasteiger partial charge in [-0.05, 0) is 118 Å². The molecule has 0 spiro atoms. The van der Waals surface area contributed by atoms with Gasteiger partial charge in [-0.1, -0.05) is 170 Å². The van der Waals surface area contributed by atoms with Crippen LogP contribution in [0.15, 0.2) is 60.7 Å². The second-order valence-electron chi connectivity index (χ2n) is 31.6. The normalized spacial score (nSPS) is 19.4. The maximum absolute atomic E-state index is 14.3. The molecular weight excluding hydrogens is 1200 g/mol. The Bertz CT molecular complexity index is 2900. The van der Waals surface area contributed by atoms with Crippen LogP contribution in [0.25, 0.3) is 0 Å². The van der Waals surface area contributed by atoms with E-state index in [-0.39, 0.29) is 70.1 Å². The van der Waals surface area contributed by atoms with Crippen LogP contribution >= 0.6 is 0 Å². The van der Waals surface area contributed by atoms with Crippen LogP contribution in [0.4, 0.5) is 14.4 Å². The van der Waals surface area contributed by atoms with E-state index in [1.807, 2.05) is 172 Å². The Morgan fingerprint density at radius 3 is 1.51 bits per heavy atom. The van der Waals surface area contributed by atoms with E-state index >= 15 is 0 Å². The second-order valence-corrected chi connectivity index (χ2v) is 36.7. The van der Waals surface area contributed by atoms with Gasteiger partial charge in [-0.3, -0.25) is 19.2 Å². The third-order valence-electron chi connectivity index (χ3n) is 17.0. The lowest BCUT2D eigenvalue weighted by Gasteiger charge is -2.39. The predicted molar refractivity (Wildman–Crippen MR) is 360 cm³/mol. The monoisotopic (exact) mass is 1310 g/mol. The maximum atomic E-state index is 14.3. The van der Waals surface area contributed by atoms with Crippen molar-refractivity contribution in [3.8, 4) is 0 Å². The smallest absolute Gasteiger partial charge is 0.407 e. The van der Waals surface area contributed by atoms with Crippen molar-refractivity contribution in [1.82, 2.24) is 45.4 Å². The highest BCUT2D eigenvalue weighted by Crippen LogP contribution is 2.65. The molecule has 2 aliphatic carbocycles. The first-order valence-corrected chi connectivity index (χ1v) is 34.2. The highest BCUT2D eigenvalue weighted by Gasteiger charge is 2.70. The number of sulfonamides is 1. The Morgan fingerprint density at radius 2 is 1.11 bits per heavy atom. The van der Waals surface area contributed by atoms with Gasteiger partial charge in [0, 0.05) is 45.3 Å². The standard InChI is InChI=1S/C33H58N6O7S.C19H32N2O3S.C15H24N2O2/c1-30(2,3)21(17-38(12)47(45,46)32(7,8)9)36-29(44)37-25(31(4,5)6)28(43)39-16-19-22(33(19,10)11)23(39)27(42)35-20(15-18-13-14-18)24(40)26(34)41;1-18(2,3)16(13-21(7)25(23)19(4,5)6)20-17(22)24-14-15-11-9-8-10-12-15;1-15(2,3)13(10-16-4)17-14(18)19-11-12-8-6-5-7-9-12/h18-23,25H,13-17H2,1-12H3,(H2,34,41)(H,35,42)(H2,36,37,44);8-12,16H,13-14H2,1-7H3,(H,20,22);5-9,13,16H,10-11H2,1-4H3,(H,17,18)/t19-,20?,21+,22-,23-,25+;16-,25?;13-/m011/s1. The number of hydrogen-bond donors (Lipinski definition) is 7. The Morgan fingerprint density at radius 1 is 0.659 bits per heavy atom. The lowest BCUT2D eigenvalue weighted by atomic mass is 9.85. The summed E-state index contributed by atoms with van der Waals surface area (Å²) in [6.07, 6.45) is 1.30. The number of primary amides is 1. The van der Waals surface area contributed by atoms with Crippen molar-refractivity contribution >= 4 is 62.7 Å². The number of Topliss-reactive ketones (excluding diaryl/α,β-unsaturated/α-hetero) is 1. The van der Waals surface area contributed by atoms with Crippen molar-refractivity contribution in [1.29, 1.82) is 0 Å². The zero-order chi connectivity index (χ0) is 69.8. The summed E-state index contributed by atoms with van der Waals surface area (Å²) in [6.45, 7) is 40.3. The van der Waals surface area contributed by atoms with Crippen LogP contribution in [0, 0.1) is 44.8 Å². The molecule has 516 valence electrons. The number of nitrogens with one attached hydrogen (secondary N) is 6. The van der Waals surface area contributed by atoms with Crippen LogP contribution in [-0.2, 0) is 62.9 Å². The third kappa shape index (κ3) is 24.3. The van der Waals surface area contributed by atoms with E-state index in [1.54, 1.807) is 25.1 Å². The van der Waals surface area contributed by atoms with Crippen LogP contribution in [0.1, 0.15) is 169 Å². The number of carbonyl (C=O) groups excluding carboxylic acids is 7. The van der Waals surface area contributed by atoms with Gasteiger partial charge >= 0.3 is 18.2 Å². The fraction of sp³-hybridized carbons (Fsp3) is 0.716. The predicted octanol–water partition coefficient (Wildman–Crippen LogP) is 8.27. The summed E-state index contributed by atoms with van der Waals surface area (Å²) in [6, 6.07) is 14.8. The van der Waals surface area contributed by atoms with Gasteiger partial charge in [0.05, 0.1) is 32.6 Å². The molecule has 1 saturated heterocycles. The van der Waals surface area contributed by atoms with Crippen LogP contribution in [0.3, 0.4) is 0 Å². The molecule has 2 unspecified atom stereocenters. The molecular formula is C67H114N10O12S2. The number of hydrogen-bond acceptors (Lipinski definition) is 13. The van der Waals surface area contributed by atoms with Crippen LogP contribution in [-0.4, -0.2) is 161 Å².